The van der Waals surface area contributed by atoms with Crippen molar-refractivity contribution >= 4 is 26.9 Å². The Labute approximate surface area is 194 Å². The molecule has 0 aliphatic carbocycles. The third-order valence-electron chi connectivity index (χ3n) is 6.23. The van der Waals surface area contributed by atoms with Crippen molar-refractivity contribution in [1.82, 2.24) is 4.90 Å². The molecule has 1 aliphatic rings. The summed E-state index contributed by atoms with van der Waals surface area (Å²) in [6.45, 7) is 0.807. The van der Waals surface area contributed by atoms with Gasteiger partial charge in [0.15, 0.2) is 5.43 Å². The number of rotatable bonds is 6. The minimum absolute atomic E-state index is 0.0107. The van der Waals surface area contributed by atoms with Gasteiger partial charge >= 0.3 is 0 Å². The molecule has 32 heavy (non-hydrogen) atoms. The molecule has 1 saturated heterocycles. The second-order valence-electron chi connectivity index (χ2n) is 7.85. The van der Waals surface area contributed by atoms with Gasteiger partial charge < -0.3 is 28.6 Å². The number of methoxy groups -OCH3 is 3. The lowest BCUT2D eigenvalue weighted by molar-refractivity contribution is 0.171. The molecule has 1 aliphatic heterocycles. The Balaban J connectivity index is 2.06. The number of fused-ring (bicyclic) bond motifs is 1. The number of likely N-dealkylation sites (N-methyl/N-ethyl adjacent to an activating group) is 1. The zero-order valence-electron chi connectivity index (χ0n) is 18.5. The van der Waals surface area contributed by atoms with Gasteiger partial charge in [-0.05, 0) is 38.2 Å². The van der Waals surface area contributed by atoms with Crippen molar-refractivity contribution in [2.45, 2.75) is 18.4 Å². The Kier molecular flexibility index (Phi) is 6.46. The highest BCUT2D eigenvalue weighted by Crippen LogP contribution is 2.45. The zero-order valence-corrected chi connectivity index (χ0v) is 20.1. The first-order valence-corrected chi connectivity index (χ1v) is 11.1. The molecular weight excluding hydrogens is 478 g/mol. The van der Waals surface area contributed by atoms with Crippen LogP contribution < -0.4 is 19.6 Å². The van der Waals surface area contributed by atoms with E-state index in [1.54, 1.807) is 20.3 Å². The largest absolute Gasteiger partial charge is 0.497 e. The molecule has 1 unspecified atom stereocenters. The summed E-state index contributed by atoms with van der Waals surface area (Å²) in [5.74, 6) is 1.93. The van der Waals surface area contributed by atoms with Crippen LogP contribution in [0.4, 0.5) is 0 Å². The van der Waals surface area contributed by atoms with E-state index in [-0.39, 0.29) is 24.0 Å². The molecule has 2 atom stereocenters. The minimum atomic E-state index is -0.219. The van der Waals surface area contributed by atoms with E-state index >= 15 is 0 Å². The molecule has 2 aromatic carbocycles. The first kappa shape index (κ1) is 22.6. The van der Waals surface area contributed by atoms with E-state index in [4.69, 9.17) is 18.6 Å². The zero-order chi connectivity index (χ0) is 23.0. The van der Waals surface area contributed by atoms with Gasteiger partial charge in [-0.2, -0.15) is 0 Å². The van der Waals surface area contributed by atoms with E-state index in [2.05, 4.69) is 20.8 Å². The van der Waals surface area contributed by atoms with Crippen LogP contribution in [0.1, 0.15) is 17.9 Å². The molecule has 0 radical (unpaired) electrons. The number of hydrogen-bond acceptors (Lipinski definition) is 7. The number of benzene rings is 2. The van der Waals surface area contributed by atoms with E-state index < -0.39 is 0 Å². The van der Waals surface area contributed by atoms with Gasteiger partial charge in [0.25, 0.3) is 0 Å². The second-order valence-corrected chi connectivity index (χ2v) is 8.70. The van der Waals surface area contributed by atoms with Gasteiger partial charge in [0.2, 0.25) is 0 Å². The highest BCUT2D eigenvalue weighted by atomic mass is 79.9. The number of likely N-dealkylation sites (tertiary alicyclic amines) is 1. The second kappa shape index (κ2) is 9.13. The van der Waals surface area contributed by atoms with E-state index in [9.17, 15) is 9.90 Å². The van der Waals surface area contributed by atoms with Gasteiger partial charge in [-0.1, -0.05) is 15.9 Å². The monoisotopic (exact) mass is 503 g/mol. The Morgan fingerprint density at radius 2 is 1.88 bits per heavy atom. The summed E-state index contributed by atoms with van der Waals surface area (Å²) in [5, 5.41) is 10.4. The van der Waals surface area contributed by atoms with Crippen molar-refractivity contribution in [3.05, 3.63) is 50.6 Å². The number of aliphatic hydroxyl groups excluding tert-OH is 1. The maximum absolute atomic E-state index is 13.3. The van der Waals surface area contributed by atoms with Gasteiger partial charge in [0.05, 0.1) is 27.9 Å². The molecule has 170 valence electrons. The molecule has 1 N–H and O–H groups in total. The standard InChI is InChI=1S/C24H26BrNO6/c1-26-8-7-14(17(26)12-27)22-20(30-3)11-21(31-4)23-18(28)10-19(32-24(22)23)15-9-13(29-2)5-6-16(15)25/h5-6,9-11,14,17,27H,7-8,12H2,1-4H3/t14?,17-/m1/s1. The van der Waals surface area contributed by atoms with Crippen LogP contribution in [0.2, 0.25) is 0 Å². The fourth-order valence-corrected chi connectivity index (χ4v) is 4.98. The summed E-state index contributed by atoms with van der Waals surface area (Å²) in [6.07, 6.45) is 0.802. The summed E-state index contributed by atoms with van der Waals surface area (Å²) in [5.41, 5.74) is 1.66. The molecule has 0 amide bonds. The topological polar surface area (TPSA) is 81.4 Å². The Morgan fingerprint density at radius 1 is 1.12 bits per heavy atom. The molecular formula is C24H26BrNO6. The van der Waals surface area contributed by atoms with Crippen molar-refractivity contribution in [1.29, 1.82) is 0 Å². The number of nitrogens with zero attached hydrogens (tertiary/aromatic N) is 1. The third-order valence-corrected chi connectivity index (χ3v) is 6.92. The summed E-state index contributed by atoms with van der Waals surface area (Å²) in [4.78, 5) is 15.4. The maximum Gasteiger partial charge on any atom is 0.197 e. The number of ether oxygens (including phenoxy) is 3. The van der Waals surface area contributed by atoms with Crippen molar-refractivity contribution in [3.8, 4) is 28.6 Å². The van der Waals surface area contributed by atoms with Crippen LogP contribution >= 0.6 is 15.9 Å². The summed E-state index contributed by atoms with van der Waals surface area (Å²) < 4.78 is 23.8. The number of halogens is 1. The molecule has 0 bridgehead atoms. The molecule has 1 fully saturated rings. The predicted octanol–water partition coefficient (Wildman–Crippen LogP) is 4.03. The van der Waals surface area contributed by atoms with Crippen LogP contribution in [-0.4, -0.2) is 57.6 Å². The van der Waals surface area contributed by atoms with Crippen molar-refractivity contribution in [2.24, 2.45) is 0 Å². The quantitative estimate of drug-likeness (QED) is 0.543. The minimum Gasteiger partial charge on any atom is -0.497 e. The lowest BCUT2D eigenvalue weighted by atomic mass is 9.89. The fraction of sp³-hybridized carbons (Fsp3) is 0.375. The first-order chi connectivity index (χ1) is 15.4. The van der Waals surface area contributed by atoms with Crippen LogP contribution in [-0.2, 0) is 0 Å². The number of hydrogen-bond donors (Lipinski definition) is 1. The normalized spacial score (nSPS) is 18.8. The molecule has 0 spiro atoms. The highest BCUT2D eigenvalue weighted by molar-refractivity contribution is 9.10. The fourth-order valence-electron chi connectivity index (χ4n) is 4.54. The average Bonchev–Trinajstić information content (AvgIpc) is 3.17. The summed E-state index contributed by atoms with van der Waals surface area (Å²) in [7, 11) is 6.66. The van der Waals surface area contributed by atoms with E-state index in [1.807, 2.05) is 25.2 Å². The van der Waals surface area contributed by atoms with Gasteiger partial charge in [-0.15, -0.1) is 0 Å². The maximum atomic E-state index is 13.3. The van der Waals surface area contributed by atoms with Crippen molar-refractivity contribution < 1.29 is 23.7 Å². The van der Waals surface area contributed by atoms with Crippen LogP contribution in [0.25, 0.3) is 22.3 Å². The smallest absolute Gasteiger partial charge is 0.197 e. The van der Waals surface area contributed by atoms with Crippen LogP contribution in [0.3, 0.4) is 0 Å². The predicted molar refractivity (Wildman–Crippen MR) is 126 cm³/mol. The lowest BCUT2D eigenvalue weighted by Crippen LogP contribution is -2.32. The molecule has 8 heteroatoms. The molecule has 2 heterocycles. The van der Waals surface area contributed by atoms with Gasteiger partial charge in [0, 0.05) is 39.7 Å². The first-order valence-electron chi connectivity index (χ1n) is 10.3. The molecule has 0 saturated carbocycles. The molecule has 7 nitrogen and oxygen atoms in total. The Bertz CT molecular complexity index is 1210. The van der Waals surface area contributed by atoms with Crippen molar-refractivity contribution in [3.63, 3.8) is 0 Å². The van der Waals surface area contributed by atoms with E-state index in [0.717, 1.165) is 23.0 Å². The molecule has 1 aromatic heterocycles. The highest BCUT2D eigenvalue weighted by Gasteiger charge is 2.37. The van der Waals surface area contributed by atoms with E-state index in [1.165, 1.54) is 13.2 Å². The van der Waals surface area contributed by atoms with Crippen molar-refractivity contribution in [2.75, 3.05) is 41.5 Å². The third kappa shape index (κ3) is 3.76. The SMILES string of the molecule is COc1ccc(Br)c(-c2cc(=O)c3c(OC)cc(OC)c(C4CCN(C)[C@@H]4CO)c3o2)c1. The van der Waals surface area contributed by atoms with Crippen LogP contribution in [0.5, 0.6) is 17.2 Å². The van der Waals surface area contributed by atoms with Crippen LogP contribution in [0, 0.1) is 0 Å². The van der Waals surface area contributed by atoms with Gasteiger partial charge in [0.1, 0.15) is 34.0 Å². The summed E-state index contributed by atoms with van der Waals surface area (Å²) in [6, 6.07) is 8.56. The average molecular weight is 504 g/mol. The number of aliphatic hydroxyl groups is 1. The van der Waals surface area contributed by atoms with E-state index in [0.29, 0.717) is 39.5 Å². The van der Waals surface area contributed by atoms with Crippen LogP contribution in [0.15, 0.2) is 44.0 Å². The van der Waals surface area contributed by atoms with Gasteiger partial charge in [-0.25, -0.2) is 0 Å². The Morgan fingerprint density at radius 3 is 2.53 bits per heavy atom. The van der Waals surface area contributed by atoms with Gasteiger partial charge in [-0.3, -0.25) is 4.79 Å². The summed E-state index contributed by atoms with van der Waals surface area (Å²) >= 11 is 3.55. The molecule has 4 rings (SSSR count). The molecule has 3 aromatic rings. The Hall–Kier alpha value is -2.55. The lowest BCUT2D eigenvalue weighted by Gasteiger charge is -2.25.